The molecule has 0 spiro atoms. The van der Waals surface area contributed by atoms with E-state index in [-0.39, 0.29) is 22.7 Å². The monoisotopic (exact) mass is 388 g/mol. The number of aromatic nitrogens is 1. The summed E-state index contributed by atoms with van der Waals surface area (Å²) in [6, 6.07) is 8.35. The lowest BCUT2D eigenvalue weighted by atomic mass is 9.97. The van der Waals surface area contributed by atoms with Gasteiger partial charge in [-0.2, -0.15) is 5.26 Å². The lowest BCUT2D eigenvalue weighted by molar-refractivity contribution is 0.103. The summed E-state index contributed by atoms with van der Waals surface area (Å²) in [5.41, 5.74) is -0.165. The summed E-state index contributed by atoms with van der Waals surface area (Å²) in [7, 11) is 0. The molecule has 124 valence electrons. The number of hydrogen-bond acceptors (Lipinski definition) is 4. The van der Waals surface area contributed by atoms with Crippen LogP contribution in [-0.2, 0) is 0 Å². The van der Waals surface area contributed by atoms with Crippen molar-refractivity contribution in [1.29, 1.82) is 5.26 Å². The average molecular weight is 389 g/mol. The Morgan fingerprint density at radius 3 is 2.58 bits per heavy atom. The number of hydrogen-bond donors (Lipinski definition) is 1. The number of halogens is 1. The third kappa shape index (κ3) is 2.87. The van der Waals surface area contributed by atoms with Crippen molar-refractivity contribution >= 4 is 21.7 Å². The van der Waals surface area contributed by atoms with Crippen LogP contribution >= 0.6 is 15.9 Å². The number of pyridine rings is 1. The summed E-state index contributed by atoms with van der Waals surface area (Å²) < 4.78 is 1.70. The Morgan fingerprint density at radius 1 is 1.42 bits per heavy atom. The van der Waals surface area contributed by atoms with Gasteiger partial charge >= 0.3 is 0 Å². The van der Waals surface area contributed by atoms with Gasteiger partial charge in [0.25, 0.3) is 5.56 Å². The molecule has 0 saturated carbocycles. The molecule has 6 heteroatoms. The van der Waals surface area contributed by atoms with Crippen molar-refractivity contribution in [2.75, 3.05) is 0 Å². The van der Waals surface area contributed by atoms with Crippen molar-refractivity contribution in [2.45, 2.75) is 33.2 Å². The van der Waals surface area contributed by atoms with E-state index in [4.69, 9.17) is 0 Å². The summed E-state index contributed by atoms with van der Waals surface area (Å²) in [4.78, 5) is 25.4. The van der Waals surface area contributed by atoms with Gasteiger partial charge in [-0.3, -0.25) is 14.2 Å². The number of ketones is 1. The second-order valence-corrected chi connectivity index (χ2v) is 6.41. The van der Waals surface area contributed by atoms with Gasteiger partial charge in [-0.1, -0.05) is 35.0 Å². The number of nitrogens with zero attached hydrogens (tertiary/aromatic N) is 2. The summed E-state index contributed by atoms with van der Waals surface area (Å²) in [5, 5.41) is 19.9. The molecule has 1 unspecified atom stereocenters. The number of nitriles is 1. The fraction of sp³-hybridized carbons (Fsp3) is 0.278. The second kappa shape index (κ2) is 7.02. The molecule has 1 heterocycles. The highest BCUT2D eigenvalue weighted by atomic mass is 79.9. The minimum Gasteiger partial charge on any atom is -0.494 e. The van der Waals surface area contributed by atoms with Crippen LogP contribution in [-0.4, -0.2) is 15.5 Å². The highest BCUT2D eigenvalue weighted by molar-refractivity contribution is 9.10. The van der Waals surface area contributed by atoms with Crippen molar-refractivity contribution in [3.05, 3.63) is 61.3 Å². The van der Waals surface area contributed by atoms with Crippen LogP contribution in [0.2, 0.25) is 0 Å². The van der Waals surface area contributed by atoms with E-state index < -0.39 is 17.2 Å². The Hall–Kier alpha value is -2.39. The summed E-state index contributed by atoms with van der Waals surface area (Å²) in [6.45, 7) is 5.12. The predicted molar refractivity (Wildman–Crippen MR) is 94.4 cm³/mol. The Bertz CT molecular complexity index is 910. The number of benzene rings is 1. The fourth-order valence-electron chi connectivity index (χ4n) is 2.57. The molecule has 0 radical (unpaired) electrons. The first-order valence-corrected chi connectivity index (χ1v) is 8.31. The van der Waals surface area contributed by atoms with E-state index in [1.54, 1.807) is 31.2 Å². The zero-order valence-electron chi connectivity index (χ0n) is 13.6. The molecular formula is C18H17BrN2O3. The molecule has 1 aromatic heterocycles. The van der Waals surface area contributed by atoms with Crippen LogP contribution in [0, 0.1) is 18.3 Å². The maximum absolute atomic E-state index is 12.9. The van der Waals surface area contributed by atoms with E-state index in [0.717, 1.165) is 4.57 Å². The lowest BCUT2D eigenvalue weighted by Gasteiger charge is -2.19. The number of aromatic hydroxyl groups is 1. The molecule has 1 aromatic carbocycles. The zero-order chi connectivity index (χ0) is 18.0. The summed E-state index contributed by atoms with van der Waals surface area (Å²) >= 11 is 3.32. The zero-order valence-corrected chi connectivity index (χ0v) is 15.2. The van der Waals surface area contributed by atoms with Crippen LogP contribution in [0.25, 0.3) is 0 Å². The first-order valence-electron chi connectivity index (χ1n) is 7.52. The Kier molecular flexibility index (Phi) is 5.25. The van der Waals surface area contributed by atoms with E-state index >= 15 is 0 Å². The van der Waals surface area contributed by atoms with E-state index in [1.165, 1.54) is 6.92 Å². The van der Waals surface area contributed by atoms with E-state index in [0.29, 0.717) is 16.5 Å². The van der Waals surface area contributed by atoms with Gasteiger partial charge in [0.1, 0.15) is 11.6 Å². The quantitative estimate of drug-likeness (QED) is 0.809. The van der Waals surface area contributed by atoms with Gasteiger partial charge in [0.15, 0.2) is 5.78 Å². The standard InChI is InChI=1S/C18H17BrN2O3/c1-4-10(2)21-17(23)13(9-20)11(3)15(18(21)24)16(22)12-7-5-6-8-14(12)19/h5-8,10,24H,4H2,1-3H3. The molecule has 24 heavy (non-hydrogen) atoms. The summed E-state index contributed by atoms with van der Waals surface area (Å²) in [6.07, 6.45) is 0.573. The van der Waals surface area contributed by atoms with Gasteiger partial charge in [0.05, 0.1) is 5.56 Å². The maximum Gasteiger partial charge on any atom is 0.271 e. The first-order chi connectivity index (χ1) is 11.3. The summed E-state index contributed by atoms with van der Waals surface area (Å²) in [5.74, 6) is -0.836. The van der Waals surface area contributed by atoms with Gasteiger partial charge in [0.2, 0.25) is 5.88 Å². The third-order valence-electron chi connectivity index (χ3n) is 4.12. The minimum atomic E-state index is -0.578. The van der Waals surface area contributed by atoms with Gasteiger partial charge in [0, 0.05) is 16.1 Å². The van der Waals surface area contributed by atoms with Crippen LogP contribution in [0.5, 0.6) is 5.88 Å². The van der Waals surface area contributed by atoms with Gasteiger partial charge in [-0.15, -0.1) is 0 Å². The van der Waals surface area contributed by atoms with E-state index in [2.05, 4.69) is 15.9 Å². The fourth-order valence-corrected chi connectivity index (χ4v) is 3.03. The smallest absolute Gasteiger partial charge is 0.271 e. The normalized spacial score (nSPS) is 11.8. The largest absolute Gasteiger partial charge is 0.494 e. The number of carbonyl (C=O) groups excluding carboxylic acids is 1. The SMILES string of the molecule is CCC(C)n1c(O)c(C(=O)c2ccccc2Br)c(C)c(C#N)c1=O. The van der Waals surface area contributed by atoms with Crippen molar-refractivity contribution in [1.82, 2.24) is 4.57 Å². The first kappa shape index (κ1) is 18.0. The molecule has 1 atom stereocenters. The van der Waals surface area contributed by atoms with Crippen LogP contribution in [0.4, 0.5) is 0 Å². The molecule has 0 saturated heterocycles. The third-order valence-corrected chi connectivity index (χ3v) is 4.81. The van der Waals surface area contributed by atoms with Crippen molar-refractivity contribution < 1.29 is 9.90 Å². The molecule has 1 N–H and O–H groups in total. The van der Waals surface area contributed by atoms with Crippen molar-refractivity contribution in [3.8, 4) is 11.9 Å². The molecule has 0 aliphatic heterocycles. The van der Waals surface area contributed by atoms with Crippen LogP contribution < -0.4 is 5.56 Å². The highest BCUT2D eigenvalue weighted by Crippen LogP contribution is 2.29. The second-order valence-electron chi connectivity index (χ2n) is 5.55. The van der Waals surface area contributed by atoms with Crippen molar-refractivity contribution in [3.63, 3.8) is 0 Å². The molecule has 0 fully saturated rings. The molecule has 0 amide bonds. The van der Waals surface area contributed by atoms with Crippen LogP contribution in [0.3, 0.4) is 0 Å². The topological polar surface area (TPSA) is 83.1 Å². The number of carbonyl (C=O) groups is 1. The Labute approximate surface area is 148 Å². The molecule has 5 nitrogen and oxygen atoms in total. The number of rotatable bonds is 4. The Balaban J connectivity index is 2.85. The highest BCUT2D eigenvalue weighted by Gasteiger charge is 2.27. The van der Waals surface area contributed by atoms with Crippen LogP contribution in [0.1, 0.15) is 53.4 Å². The van der Waals surface area contributed by atoms with E-state index in [9.17, 15) is 20.0 Å². The molecule has 2 rings (SSSR count). The molecule has 0 bridgehead atoms. The van der Waals surface area contributed by atoms with Gasteiger partial charge in [-0.05, 0) is 38.0 Å². The molecule has 0 aliphatic carbocycles. The molecular weight excluding hydrogens is 372 g/mol. The minimum absolute atomic E-state index is 0.0154. The van der Waals surface area contributed by atoms with E-state index in [1.807, 2.05) is 13.0 Å². The lowest BCUT2D eigenvalue weighted by Crippen LogP contribution is -2.28. The van der Waals surface area contributed by atoms with Gasteiger partial charge < -0.3 is 5.11 Å². The maximum atomic E-state index is 12.9. The Morgan fingerprint density at radius 2 is 2.04 bits per heavy atom. The predicted octanol–water partition coefficient (Wildman–Crippen LogP) is 3.70. The van der Waals surface area contributed by atoms with Gasteiger partial charge in [-0.25, -0.2) is 0 Å². The molecule has 0 aliphatic rings. The van der Waals surface area contributed by atoms with Crippen molar-refractivity contribution in [2.24, 2.45) is 0 Å². The molecule has 2 aromatic rings. The average Bonchev–Trinajstić information content (AvgIpc) is 2.55. The van der Waals surface area contributed by atoms with Crippen LogP contribution in [0.15, 0.2) is 33.5 Å².